The molecule has 1 saturated heterocycles. The number of quaternary nitrogens is 1. The van der Waals surface area contributed by atoms with Crippen molar-refractivity contribution in [2.24, 2.45) is 5.73 Å². The maximum atomic E-state index is 14.2. The van der Waals surface area contributed by atoms with E-state index in [-0.39, 0.29) is 10.6 Å². The Morgan fingerprint density at radius 3 is 2.38 bits per heavy atom. The summed E-state index contributed by atoms with van der Waals surface area (Å²) >= 11 is 6.01. The van der Waals surface area contributed by atoms with Gasteiger partial charge in [0.05, 0.1) is 5.56 Å². The molecule has 2 aliphatic heterocycles. The summed E-state index contributed by atoms with van der Waals surface area (Å²) in [5.41, 5.74) is 10.8. The van der Waals surface area contributed by atoms with Crippen LogP contribution in [0.4, 0.5) is 18.9 Å². The summed E-state index contributed by atoms with van der Waals surface area (Å²) in [7, 11) is 0. The first-order chi connectivity index (χ1) is 17.6. The van der Waals surface area contributed by atoms with Crippen molar-refractivity contribution in [1.82, 2.24) is 4.48 Å². The van der Waals surface area contributed by atoms with Crippen LogP contribution in [-0.4, -0.2) is 19.0 Å². The summed E-state index contributed by atoms with van der Waals surface area (Å²) in [6, 6.07) is 19.6. The van der Waals surface area contributed by atoms with Crippen LogP contribution in [0.3, 0.4) is 0 Å². The normalized spacial score (nSPS) is 16.5. The summed E-state index contributed by atoms with van der Waals surface area (Å²) in [5, 5.41) is 0.0422. The van der Waals surface area contributed by atoms with E-state index in [4.69, 9.17) is 17.3 Å². The van der Waals surface area contributed by atoms with Crippen molar-refractivity contribution < 1.29 is 18.0 Å². The van der Waals surface area contributed by atoms with Gasteiger partial charge in [0.2, 0.25) is 5.91 Å². The van der Waals surface area contributed by atoms with Crippen LogP contribution in [0, 0.1) is 0 Å². The largest absolute Gasteiger partial charge is 0.417 e. The molecule has 5 rings (SSSR count). The van der Waals surface area contributed by atoms with E-state index in [0.29, 0.717) is 16.5 Å². The number of hydrogen-bond donors (Lipinski definition) is 1. The number of benzene rings is 3. The molecule has 0 unspecified atom stereocenters. The van der Waals surface area contributed by atoms with Crippen LogP contribution in [0.15, 0.2) is 78.5 Å². The summed E-state index contributed by atoms with van der Waals surface area (Å²) in [6.45, 7) is 3.65. The first-order valence-corrected chi connectivity index (χ1v) is 12.4. The zero-order chi connectivity index (χ0) is 26.4. The van der Waals surface area contributed by atoms with Gasteiger partial charge >= 0.3 is 6.18 Å². The van der Waals surface area contributed by atoms with E-state index >= 15 is 0 Å². The van der Waals surface area contributed by atoms with E-state index in [1.807, 2.05) is 49.4 Å². The fraction of sp³-hybridized carbons (Fsp3) is 0.167. The third-order valence-corrected chi connectivity index (χ3v) is 7.22. The van der Waals surface area contributed by atoms with Crippen LogP contribution in [-0.2, 0) is 11.0 Å². The minimum Gasteiger partial charge on any atom is -0.366 e. The van der Waals surface area contributed by atoms with Crippen molar-refractivity contribution in [2.75, 3.05) is 13.1 Å². The second-order valence-electron chi connectivity index (χ2n) is 9.26. The molecule has 0 radical (unpaired) electrons. The second kappa shape index (κ2) is 9.36. The Morgan fingerprint density at radius 2 is 1.76 bits per heavy atom. The number of hydrogen-bond acceptors (Lipinski definition) is 1. The van der Waals surface area contributed by atoms with Crippen molar-refractivity contribution in [3.63, 3.8) is 0 Å². The first-order valence-electron chi connectivity index (χ1n) is 12.0. The van der Waals surface area contributed by atoms with Gasteiger partial charge in [0, 0.05) is 34.4 Å². The Balaban J connectivity index is 1.76. The van der Waals surface area contributed by atoms with Crippen LogP contribution in [0.5, 0.6) is 0 Å². The molecule has 0 atom stereocenters. The number of primary amides is 1. The molecular weight excluding hydrogens is 497 g/mol. The molecule has 2 N–H and O–H groups in total. The molecule has 0 bridgehead atoms. The standard InChI is InChI=1S/C30H24ClF3N2O/c1-2-23(24-13-12-22(31)18-25(24)30(32,33)34)29(20-10-7-19(8-11-20)9-14-28(35)37)27-17-21-5-3-4-6-26(21)36(27)15-16-36/h3-14,17-18H,2,15-16H2,1H3,(H-,35,37)/p+1/b14-9+,29-23+. The highest BCUT2D eigenvalue weighted by atomic mass is 35.5. The van der Waals surface area contributed by atoms with Crippen molar-refractivity contribution >= 4 is 46.5 Å². The van der Waals surface area contributed by atoms with Crippen molar-refractivity contribution in [2.45, 2.75) is 19.5 Å². The number of carbonyl (C=O) groups is 1. The average Bonchev–Trinajstić information content (AvgIpc) is 3.60. The fourth-order valence-corrected chi connectivity index (χ4v) is 5.37. The van der Waals surface area contributed by atoms with Crippen LogP contribution in [0.25, 0.3) is 23.3 Å². The minimum atomic E-state index is -4.56. The van der Waals surface area contributed by atoms with Crippen LogP contribution in [0.1, 0.15) is 41.2 Å². The molecule has 0 saturated carbocycles. The Hall–Kier alpha value is -3.61. The molecule has 188 valence electrons. The summed E-state index contributed by atoms with van der Waals surface area (Å²) in [5.74, 6) is -0.554. The van der Waals surface area contributed by atoms with Gasteiger partial charge < -0.3 is 5.73 Å². The van der Waals surface area contributed by atoms with E-state index < -0.39 is 17.6 Å². The maximum Gasteiger partial charge on any atom is 0.417 e. The Morgan fingerprint density at radius 1 is 1.05 bits per heavy atom. The predicted octanol–water partition coefficient (Wildman–Crippen LogP) is 7.55. The van der Waals surface area contributed by atoms with Gasteiger partial charge in [0.15, 0.2) is 0 Å². The molecule has 3 nitrogen and oxygen atoms in total. The highest BCUT2D eigenvalue weighted by molar-refractivity contribution is 6.30. The van der Waals surface area contributed by atoms with E-state index in [1.165, 1.54) is 23.9 Å². The van der Waals surface area contributed by atoms with Gasteiger partial charge in [0.1, 0.15) is 24.5 Å². The van der Waals surface area contributed by atoms with Gasteiger partial charge in [0.25, 0.3) is 0 Å². The monoisotopic (exact) mass is 521 g/mol. The zero-order valence-electron chi connectivity index (χ0n) is 20.1. The first kappa shape index (κ1) is 25.1. The molecule has 2 aliphatic rings. The molecular formula is C30H25ClF3N2O+. The lowest BCUT2D eigenvalue weighted by atomic mass is 9.87. The van der Waals surface area contributed by atoms with Crippen molar-refractivity contribution in [1.29, 1.82) is 0 Å². The van der Waals surface area contributed by atoms with Gasteiger partial charge in [-0.2, -0.15) is 13.2 Å². The lowest BCUT2D eigenvalue weighted by molar-refractivity contribution is -0.137. The number of nitrogens with two attached hydrogens (primary N) is 1. The smallest absolute Gasteiger partial charge is 0.366 e. The fourth-order valence-electron chi connectivity index (χ4n) is 5.20. The Kier molecular flexibility index (Phi) is 6.34. The molecule has 37 heavy (non-hydrogen) atoms. The number of allylic oxidation sites excluding steroid dienone is 2. The molecule has 1 spiro atoms. The molecule has 1 amide bonds. The summed E-state index contributed by atoms with van der Waals surface area (Å²) in [6.07, 6.45) is 0.821. The van der Waals surface area contributed by atoms with E-state index in [1.54, 1.807) is 6.08 Å². The number of nitrogens with zero attached hydrogens (tertiary/aromatic N) is 1. The number of para-hydroxylation sites is 1. The number of alkyl halides is 3. The molecule has 3 aromatic carbocycles. The zero-order valence-corrected chi connectivity index (χ0v) is 20.9. The van der Waals surface area contributed by atoms with Crippen LogP contribution >= 0.6 is 11.6 Å². The lowest BCUT2D eigenvalue weighted by Crippen LogP contribution is -2.23. The minimum absolute atomic E-state index is 0.0422. The lowest BCUT2D eigenvalue weighted by Gasteiger charge is -2.24. The molecule has 0 aromatic heterocycles. The number of fused-ring (bicyclic) bond motifs is 2. The Bertz CT molecular complexity index is 1480. The molecule has 3 aromatic rings. The van der Waals surface area contributed by atoms with Gasteiger partial charge in [-0.15, -0.1) is 0 Å². The van der Waals surface area contributed by atoms with Crippen molar-refractivity contribution in [3.8, 4) is 0 Å². The third kappa shape index (κ3) is 4.63. The average molecular weight is 522 g/mol. The maximum absolute atomic E-state index is 14.2. The number of rotatable bonds is 6. The van der Waals surface area contributed by atoms with Gasteiger partial charge in [-0.05, 0) is 53.0 Å². The second-order valence-corrected chi connectivity index (χ2v) is 9.69. The predicted molar refractivity (Wildman–Crippen MR) is 144 cm³/mol. The van der Waals surface area contributed by atoms with E-state index in [0.717, 1.165) is 47.1 Å². The van der Waals surface area contributed by atoms with Gasteiger partial charge in [-0.3, -0.25) is 4.79 Å². The number of halogens is 4. The molecule has 0 aliphatic carbocycles. The molecule has 2 heterocycles. The summed E-state index contributed by atoms with van der Waals surface area (Å²) < 4.78 is 43.2. The van der Waals surface area contributed by atoms with E-state index in [9.17, 15) is 18.0 Å². The third-order valence-electron chi connectivity index (χ3n) is 6.99. The topological polar surface area (TPSA) is 43.1 Å². The number of amides is 1. The van der Waals surface area contributed by atoms with Crippen molar-refractivity contribution in [3.05, 3.63) is 111 Å². The molecule has 7 heteroatoms. The highest BCUT2D eigenvalue weighted by Gasteiger charge is 2.54. The van der Waals surface area contributed by atoms with E-state index in [2.05, 4.69) is 12.1 Å². The van der Waals surface area contributed by atoms with Gasteiger partial charge in [-0.1, -0.05) is 61.0 Å². The molecule has 1 fully saturated rings. The number of carbonyl (C=O) groups excluding carboxylic acids is 1. The SMILES string of the molecule is CC/C(=C(\C1=Cc2ccccc2[N+]12CC2)c1ccc(/C=C/C(N)=O)cc1)c1ccc(Cl)cc1C(F)(F)F. The van der Waals surface area contributed by atoms with Crippen LogP contribution in [0.2, 0.25) is 5.02 Å². The van der Waals surface area contributed by atoms with Gasteiger partial charge in [-0.25, -0.2) is 4.48 Å². The highest BCUT2D eigenvalue weighted by Crippen LogP contribution is 2.53. The Labute approximate surface area is 218 Å². The van der Waals surface area contributed by atoms with Crippen LogP contribution < -0.4 is 10.2 Å². The quantitative estimate of drug-likeness (QED) is 0.155. The summed E-state index contributed by atoms with van der Waals surface area (Å²) in [4.78, 5) is 11.1.